The highest BCUT2D eigenvalue weighted by Crippen LogP contribution is 2.34. The highest BCUT2D eigenvalue weighted by molar-refractivity contribution is 7.22. The summed E-state index contributed by atoms with van der Waals surface area (Å²) in [5.41, 5.74) is 7.61. The zero-order valence-corrected chi connectivity index (χ0v) is 10.5. The Morgan fingerprint density at radius 3 is 2.53 bits per heavy atom. The van der Waals surface area contributed by atoms with Crippen LogP contribution in [0, 0.1) is 0 Å². The van der Waals surface area contributed by atoms with E-state index in [1.54, 1.807) is 22.7 Å². The van der Waals surface area contributed by atoms with Gasteiger partial charge in [-0.3, -0.25) is 0 Å². The molecule has 0 aliphatic carbocycles. The summed E-state index contributed by atoms with van der Waals surface area (Å²) in [4.78, 5) is 1.14. The molecule has 0 saturated carbocycles. The number of hydrogen-bond acceptors (Lipinski definition) is 5. The average Bonchev–Trinajstić information content (AvgIpc) is 3.00. The number of nitrogens with zero attached hydrogens (tertiary/aromatic N) is 2. The quantitative estimate of drug-likeness (QED) is 0.716. The molecule has 2 heterocycles. The van der Waals surface area contributed by atoms with Gasteiger partial charge in [0, 0.05) is 11.3 Å². The average molecular weight is 259 g/mol. The molecule has 0 atom stereocenters. The maximum atomic E-state index is 5.92. The first-order valence-corrected chi connectivity index (χ1v) is 6.76. The molecule has 84 valence electrons. The SMILES string of the molecule is Nc1ccccc1-c1nnc(-c2cccs2)s1. The predicted octanol–water partition coefficient (Wildman–Crippen LogP) is 3.52. The van der Waals surface area contributed by atoms with Gasteiger partial charge in [-0.15, -0.1) is 21.5 Å². The molecule has 17 heavy (non-hydrogen) atoms. The minimum absolute atomic E-state index is 0.737. The molecule has 2 aromatic heterocycles. The van der Waals surface area contributed by atoms with Crippen LogP contribution < -0.4 is 5.73 Å². The number of benzene rings is 1. The van der Waals surface area contributed by atoms with Crippen molar-refractivity contribution in [3.8, 4) is 20.5 Å². The van der Waals surface area contributed by atoms with Gasteiger partial charge in [-0.05, 0) is 23.6 Å². The first-order valence-electron chi connectivity index (χ1n) is 5.07. The van der Waals surface area contributed by atoms with Crippen molar-refractivity contribution < 1.29 is 0 Å². The van der Waals surface area contributed by atoms with E-state index in [1.807, 2.05) is 41.8 Å². The molecule has 0 saturated heterocycles. The third-order valence-corrected chi connectivity index (χ3v) is 4.34. The molecular weight excluding hydrogens is 250 g/mol. The van der Waals surface area contributed by atoms with E-state index in [2.05, 4.69) is 10.2 Å². The van der Waals surface area contributed by atoms with Crippen LogP contribution in [0.3, 0.4) is 0 Å². The fourth-order valence-corrected chi connectivity index (χ4v) is 3.21. The van der Waals surface area contributed by atoms with E-state index in [0.717, 1.165) is 26.1 Å². The van der Waals surface area contributed by atoms with Crippen molar-refractivity contribution in [2.24, 2.45) is 0 Å². The van der Waals surface area contributed by atoms with Crippen LogP contribution in [0.15, 0.2) is 41.8 Å². The predicted molar refractivity (Wildman–Crippen MR) is 73.1 cm³/mol. The normalized spacial score (nSPS) is 10.6. The van der Waals surface area contributed by atoms with Crippen LogP contribution >= 0.6 is 22.7 Å². The first-order chi connectivity index (χ1) is 8.34. The minimum atomic E-state index is 0.737. The van der Waals surface area contributed by atoms with Crippen molar-refractivity contribution in [1.82, 2.24) is 10.2 Å². The second-order valence-corrected chi connectivity index (χ2v) is 5.40. The number of nitrogen functional groups attached to an aromatic ring is 1. The van der Waals surface area contributed by atoms with E-state index in [9.17, 15) is 0 Å². The molecule has 1 aromatic carbocycles. The van der Waals surface area contributed by atoms with Crippen LogP contribution in [0.1, 0.15) is 0 Å². The minimum Gasteiger partial charge on any atom is -0.398 e. The Balaban J connectivity index is 2.04. The summed E-state index contributed by atoms with van der Waals surface area (Å²) in [6.07, 6.45) is 0. The molecule has 0 fully saturated rings. The molecular formula is C12H9N3S2. The summed E-state index contributed by atoms with van der Waals surface area (Å²) < 4.78 is 0. The topological polar surface area (TPSA) is 51.8 Å². The van der Waals surface area contributed by atoms with Crippen LogP contribution in [0.2, 0.25) is 0 Å². The smallest absolute Gasteiger partial charge is 0.158 e. The number of rotatable bonds is 2. The standard InChI is InChI=1S/C12H9N3S2/c13-9-5-2-1-4-8(9)11-14-15-12(17-11)10-6-3-7-16-10/h1-7H,13H2. The van der Waals surface area contributed by atoms with Gasteiger partial charge in [0.25, 0.3) is 0 Å². The lowest BCUT2D eigenvalue weighted by atomic mass is 10.2. The molecule has 0 spiro atoms. The zero-order valence-electron chi connectivity index (χ0n) is 8.83. The van der Waals surface area contributed by atoms with Crippen LogP contribution in [-0.4, -0.2) is 10.2 Å². The van der Waals surface area contributed by atoms with Gasteiger partial charge < -0.3 is 5.73 Å². The summed E-state index contributed by atoms with van der Waals surface area (Å²) in [5, 5.41) is 12.2. The molecule has 3 rings (SSSR count). The number of nitrogens with two attached hydrogens (primary N) is 1. The van der Waals surface area contributed by atoms with Crippen LogP contribution in [0.5, 0.6) is 0 Å². The highest BCUT2D eigenvalue weighted by Gasteiger charge is 2.10. The van der Waals surface area contributed by atoms with Gasteiger partial charge in [0.1, 0.15) is 5.01 Å². The molecule has 5 heteroatoms. The Labute approximate surface area is 107 Å². The molecule has 0 unspecified atom stereocenters. The van der Waals surface area contributed by atoms with E-state index in [1.165, 1.54) is 0 Å². The Morgan fingerprint density at radius 2 is 1.76 bits per heavy atom. The molecule has 0 aliphatic heterocycles. The summed E-state index contributed by atoms with van der Waals surface area (Å²) in [6.45, 7) is 0. The van der Waals surface area contributed by atoms with Gasteiger partial charge in [0.15, 0.2) is 5.01 Å². The fourth-order valence-electron chi connectivity index (χ4n) is 1.52. The van der Waals surface area contributed by atoms with E-state index in [0.29, 0.717) is 0 Å². The van der Waals surface area contributed by atoms with Crippen LogP contribution in [0.25, 0.3) is 20.5 Å². The lowest BCUT2D eigenvalue weighted by molar-refractivity contribution is 1.10. The molecule has 0 amide bonds. The van der Waals surface area contributed by atoms with Crippen molar-refractivity contribution in [3.05, 3.63) is 41.8 Å². The van der Waals surface area contributed by atoms with Crippen LogP contribution in [0.4, 0.5) is 5.69 Å². The molecule has 0 radical (unpaired) electrons. The van der Waals surface area contributed by atoms with E-state index in [4.69, 9.17) is 5.73 Å². The Hall–Kier alpha value is -1.72. The Morgan fingerprint density at radius 1 is 0.941 bits per heavy atom. The zero-order chi connectivity index (χ0) is 11.7. The van der Waals surface area contributed by atoms with E-state index in [-0.39, 0.29) is 0 Å². The third kappa shape index (κ3) is 1.94. The maximum absolute atomic E-state index is 5.92. The molecule has 2 N–H and O–H groups in total. The number of hydrogen-bond donors (Lipinski definition) is 1. The van der Waals surface area contributed by atoms with Gasteiger partial charge in [-0.2, -0.15) is 0 Å². The van der Waals surface area contributed by atoms with Crippen LogP contribution in [-0.2, 0) is 0 Å². The number of anilines is 1. The fraction of sp³-hybridized carbons (Fsp3) is 0. The number of thiophene rings is 1. The lowest BCUT2D eigenvalue weighted by Gasteiger charge is -1.98. The number of para-hydroxylation sites is 1. The van der Waals surface area contributed by atoms with Gasteiger partial charge in [0.05, 0.1) is 4.88 Å². The third-order valence-electron chi connectivity index (χ3n) is 2.35. The maximum Gasteiger partial charge on any atom is 0.158 e. The first kappa shape index (κ1) is 10.4. The van der Waals surface area contributed by atoms with Gasteiger partial charge in [-0.25, -0.2) is 0 Å². The molecule has 3 nitrogen and oxygen atoms in total. The Kier molecular flexibility index (Phi) is 2.62. The second kappa shape index (κ2) is 4.27. The van der Waals surface area contributed by atoms with Gasteiger partial charge in [0.2, 0.25) is 0 Å². The van der Waals surface area contributed by atoms with Gasteiger partial charge in [-0.1, -0.05) is 29.5 Å². The molecule has 0 aliphatic rings. The summed E-state index contributed by atoms with van der Waals surface area (Å²) in [5.74, 6) is 0. The van der Waals surface area contributed by atoms with E-state index >= 15 is 0 Å². The van der Waals surface area contributed by atoms with E-state index < -0.39 is 0 Å². The number of aromatic nitrogens is 2. The summed E-state index contributed by atoms with van der Waals surface area (Å²) in [6, 6.07) is 11.8. The highest BCUT2D eigenvalue weighted by atomic mass is 32.1. The second-order valence-electron chi connectivity index (χ2n) is 3.48. The monoisotopic (exact) mass is 259 g/mol. The molecule has 0 bridgehead atoms. The van der Waals surface area contributed by atoms with Crippen molar-refractivity contribution in [3.63, 3.8) is 0 Å². The largest absolute Gasteiger partial charge is 0.398 e. The Bertz CT molecular complexity index is 629. The summed E-state index contributed by atoms with van der Waals surface area (Å²) >= 11 is 3.23. The van der Waals surface area contributed by atoms with Crippen molar-refractivity contribution in [1.29, 1.82) is 0 Å². The van der Waals surface area contributed by atoms with Crippen molar-refractivity contribution in [2.45, 2.75) is 0 Å². The lowest BCUT2D eigenvalue weighted by Crippen LogP contribution is -1.88. The van der Waals surface area contributed by atoms with Gasteiger partial charge >= 0.3 is 0 Å². The van der Waals surface area contributed by atoms with Crippen molar-refractivity contribution in [2.75, 3.05) is 5.73 Å². The van der Waals surface area contributed by atoms with Crippen molar-refractivity contribution >= 4 is 28.4 Å². The molecule has 3 aromatic rings. The summed E-state index contributed by atoms with van der Waals surface area (Å²) in [7, 11) is 0.